The molecule has 0 aromatic heterocycles. The molecular formula is C22H19Cl2F3O3. The van der Waals surface area contributed by atoms with Gasteiger partial charge in [0.1, 0.15) is 5.60 Å². The van der Waals surface area contributed by atoms with E-state index in [2.05, 4.69) is 0 Å². The number of aryl methyl sites for hydroxylation is 1. The molecule has 0 N–H and O–H groups in total. The number of esters is 1. The van der Waals surface area contributed by atoms with Gasteiger partial charge in [-0.3, -0.25) is 4.79 Å². The van der Waals surface area contributed by atoms with Gasteiger partial charge >= 0.3 is 12.1 Å². The Balaban J connectivity index is 2.43. The monoisotopic (exact) mass is 458 g/mol. The third-order valence-corrected chi connectivity index (χ3v) is 4.32. The van der Waals surface area contributed by atoms with Crippen molar-refractivity contribution in [1.82, 2.24) is 0 Å². The van der Waals surface area contributed by atoms with Crippen molar-refractivity contribution in [3.8, 4) is 0 Å². The third-order valence-electron chi connectivity index (χ3n) is 3.88. The van der Waals surface area contributed by atoms with Crippen molar-refractivity contribution in [2.45, 2.75) is 39.5 Å². The fraction of sp³-hybridized carbons (Fsp3) is 0.273. The molecule has 30 heavy (non-hydrogen) atoms. The maximum absolute atomic E-state index is 13.6. The maximum Gasteiger partial charge on any atom is 0.417 e. The van der Waals surface area contributed by atoms with Gasteiger partial charge in [0.2, 0.25) is 0 Å². The van der Waals surface area contributed by atoms with Crippen LogP contribution in [0.25, 0.3) is 5.57 Å². The first-order valence-electron chi connectivity index (χ1n) is 8.81. The van der Waals surface area contributed by atoms with Crippen molar-refractivity contribution in [1.29, 1.82) is 0 Å². The fourth-order valence-corrected chi connectivity index (χ4v) is 3.16. The summed E-state index contributed by atoms with van der Waals surface area (Å²) in [6.45, 7) is 6.71. The summed E-state index contributed by atoms with van der Waals surface area (Å²) in [5.74, 6) is -1.46. The number of carbonyl (C=O) groups excluding carboxylic acids is 2. The lowest BCUT2D eigenvalue weighted by Gasteiger charge is -2.20. The molecule has 8 heteroatoms. The summed E-state index contributed by atoms with van der Waals surface area (Å²) >= 11 is 11.6. The molecule has 0 atom stereocenters. The second-order valence-electron chi connectivity index (χ2n) is 7.61. The van der Waals surface area contributed by atoms with Gasteiger partial charge in [0.15, 0.2) is 5.78 Å². The Hall–Kier alpha value is -2.31. The highest BCUT2D eigenvalue weighted by Gasteiger charge is 2.35. The van der Waals surface area contributed by atoms with E-state index in [1.165, 1.54) is 24.3 Å². The van der Waals surface area contributed by atoms with Crippen LogP contribution in [-0.4, -0.2) is 23.5 Å². The Morgan fingerprint density at radius 1 is 0.933 bits per heavy atom. The zero-order valence-corrected chi connectivity index (χ0v) is 18.2. The second kappa shape index (κ2) is 8.82. The quantitative estimate of drug-likeness (QED) is 0.279. The Morgan fingerprint density at radius 2 is 1.50 bits per heavy atom. The van der Waals surface area contributed by atoms with E-state index in [1.54, 1.807) is 27.7 Å². The first-order chi connectivity index (χ1) is 13.7. The Labute approximate surface area is 182 Å². The van der Waals surface area contributed by atoms with Gasteiger partial charge in [-0.15, -0.1) is 0 Å². The Morgan fingerprint density at radius 3 is 1.97 bits per heavy atom. The standard InChI is InChI=1S/C22H19Cl2F3O3/c1-12-7-13(5-6-17(12)20(29)30-21(2,3)4)19(28)11-18(22(25,26)27)14-8-15(23)10-16(24)9-14/h5-11H,1-4H3/b18-11-. The molecule has 0 saturated heterocycles. The predicted octanol–water partition coefficient (Wildman–Crippen LogP) is 7.09. The number of benzene rings is 2. The van der Waals surface area contributed by atoms with E-state index < -0.39 is 29.1 Å². The van der Waals surface area contributed by atoms with E-state index in [1.807, 2.05) is 0 Å². The van der Waals surface area contributed by atoms with E-state index in [-0.39, 0.29) is 26.7 Å². The summed E-state index contributed by atoms with van der Waals surface area (Å²) in [5, 5.41) is 0.0234. The molecule has 0 heterocycles. The van der Waals surface area contributed by atoms with Crippen LogP contribution < -0.4 is 0 Å². The molecule has 0 unspecified atom stereocenters. The van der Waals surface area contributed by atoms with Gasteiger partial charge in [-0.1, -0.05) is 29.3 Å². The van der Waals surface area contributed by atoms with E-state index in [0.29, 0.717) is 11.6 Å². The van der Waals surface area contributed by atoms with Crippen LogP contribution in [0.5, 0.6) is 0 Å². The van der Waals surface area contributed by atoms with Gasteiger partial charge in [-0.05, 0) is 75.2 Å². The number of carbonyl (C=O) groups is 2. The summed E-state index contributed by atoms with van der Waals surface area (Å²) in [4.78, 5) is 24.8. The molecule has 3 nitrogen and oxygen atoms in total. The topological polar surface area (TPSA) is 43.4 Å². The molecule has 0 aliphatic rings. The van der Waals surface area contributed by atoms with Crippen molar-refractivity contribution >= 4 is 40.5 Å². The number of hydrogen-bond donors (Lipinski definition) is 0. The zero-order valence-electron chi connectivity index (χ0n) is 16.7. The largest absolute Gasteiger partial charge is 0.456 e. The van der Waals surface area contributed by atoms with E-state index >= 15 is 0 Å². The van der Waals surface area contributed by atoms with Crippen LogP contribution in [0.3, 0.4) is 0 Å². The predicted molar refractivity (Wildman–Crippen MR) is 111 cm³/mol. The lowest BCUT2D eigenvalue weighted by Crippen LogP contribution is -2.24. The van der Waals surface area contributed by atoms with Gasteiger partial charge in [0.05, 0.1) is 11.1 Å². The van der Waals surface area contributed by atoms with Gasteiger partial charge in [-0.25, -0.2) is 4.79 Å². The van der Waals surface area contributed by atoms with Crippen molar-refractivity contribution in [3.05, 3.63) is 74.8 Å². The first kappa shape index (κ1) is 24.0. The highest BCUT2D eigenvalue weighted by Crippen LogP contribution is 2.36. The van der Waals surface area contributed by atoms with Crippen LogP contribution in [0.1, 0.15) is 52.6 Å². The number of allylic oxidation sites excluding steroid dienone is 2. The lowest BCUT2D eigenvalue weighted by molar-refractivity contribution is -0.0689. The lowest BCUT2D eigenvalue weighted by atomic mass is 9.98. The number of ether oxygens (including phenoxy) is 1. The molecule has 0 amide bonds. The van der Waals surface area contributed by atoms with Crippen molar-refractivity contribution in [2.24, 2.45) is 0 Å². The molecule has 0 spiro atoms. The van der Waals surface area contributed by atoms with Crippen molar-refractivity contribution < 1.29 is 27.5 Å². The SMILES string of the molecule is Cc1cc(C(=O)/C=C(/c2cc(Cl)cc(Cl)c2)C(F)(F)F)ccc1C(=O)OC(C)(C)C. The van der Waals surface area contributed by atoms with Crippen molar-refractivity contribution in [2.75, 3.05) is 0 Å². The van der Waals surface area contributed by atoms with Crippen LogP contribution in [0.2, 0.25) is 10.0 Å². The van der Waals surface area contributed by atoms with Gasteiger partial charge in [0, 0.05) is 15.6 Å². The molecular weight excluding hydrogens is 440 g/mol. The Kier molecular flexibility index (Phi) is 7.05. The van der Waals surface area contributed by atoms with Crippen LogP contribution in [0.4, 0.5) is 13.2 Å². The number of alkyl halides is 3. The van der Waals surface area contributed by atoms with Gasteiger partial charge < -0.3 is 4.74 Å². The maximum atomic E-state index is 13.6. The van der Waals surface area contributed by atoms with E-state index in [0.717, 1.165) is 12.1 Å². The minimum atomic E-state index is -4.81. The number of ketones is 1. The summed E-state index contributed by atoms with van der Waals surface area (Å²) in [5.41, 5.74) is -1.58. The second-order valence-corrected chi connectivity index (χ2v) is 8.48. The van der Waals surface area contributed by atoms with Gasteiger partial charge in [-0.2, -0.15) is 13.2 Å². The number of hydrogen-bond acceptors (Lipinski definition) is 3. The zero-order chi connectivity index (χ0) is 22.9. The minimum absolute atomic E-state index is 0.00492. The molecule has 0 fully saturated rings. The van der Waals surface area contributed by atoms with Crippen LogP contribution in [0.15, 0.2) is 42.5 Å². The summed E-state index contributed by atoms with van der Waals surface area (Å²) < 4.78 is 46.0. The average Bonchev–Trinajstić information content (AvgIpc) is 2.55. The van der Waals surface area contributed by atoms with E-state index in [9.17, 15) is 22.8 Å². The molecule has 0 aliphatic carbocycles. The summed E-state index contributed by atoms with van der Waals surface area (Å²) in [6.07, 6.45) is -4.32. The summed E-state index contributed by atoms with van der Waals surface area (Å²) in [7, 11) is 0. The smallest absolute Gasteiger partial charge is 0.417 e. The van der Waals surface area contributed by atoms with Crippen LogP contribution >= 0.6 is 23.2 Å². The van der Waals surface area contributed by atoms with Crippen LogP contribution in [-0.2, 0) is 4.74 Å². The molecule has 2 aromatic carbocycles. The summed E-state index contributed by atoms with van der Waals surface area (Å²) in [6, 6.07) is 7.43. The highest BCUT2D eigenvalue weighted by atomic mass is 35.5. The molecule has 160 valence electrons. The molecule has 0 saturated carbocycles. The molecule has 2 aromatic rings. The fourth-order valence-electron chi connectivity index (χ4n) is 2.63. The molecule has 2 rings (SSSR count). The Bertz CT molecular complexity index is 999. The highest BCUT2D eigenvalue weighted by molar-refractivity contribution is 6.35. The van der Waals surface area contributed by atoms with E-state index in [4.69, 9.17) is 27.9 Å². The van der Waals surface area contributed by atoms with Crippen molar-refractivity contribution in [3.63, 3.8) is 0 Å². The average molecular weight is 459 g/mol. The molecule has 0 aliphatic heterocycles. The number of rotatable bonds is 4. The molecule has 0 bridgehead atoms. The van der Waals surface area contributed by atoms with Gasteiger partial charge in [0.25, 0.3) is 0 Å². The number of halogens is 5. The van der Waals surface area contributed by atoms with Crippen LogP contribution in [0, 0.1) is 6.92 Å². The minimum Gasteiger partial charge on any atom is -0.456 e. The third kappa shape index (κ3) is 6.34. The normalized spacial score (nSPS) is 12.6. The first-order valence-corrected chi connectivity index (χ1v) is 9.56. The molecule has 0 radical (unpaired) electrons.